The van der Waals surface area contributed by atoms with Crippen LogP contribution in [0.2, 0.25) is 0 Å². The van der Waals surface area contributed by atoms with E-state index in [0.717, 1.165) is 18.9 Å². The molecule has 2 atom stereocenters. The van der Waals surface area contributed by atoms with E-state index >= 15 is 0 Å². The monoisotopic (exact) mass is 610 g/mol. The smallest absolute Gasteiger partial charge is 0.270 e. The van der Waals surface area contributed by atoms with E-state index in [1.807, 2.05) is 6.92 Å². The van der Waals surface area contributed by atoms with Crippen LogP contribution in [0.15, 0.2) is 53.8 Å². The first-order valence-corrected chi connectivity index (χ1v) is 8.94. The van der Waals surface area contributed by atoms with Gasteiger partial charge in [0, 0.05) is 54.6 Å². The molecular formula is C22H24F2NpO3-2. The van der Waals surface area contributed by atoms with Crippen LogP contribution in [0.3, 0.4) is 0 Å². The Kier molecular flexibility index (Phi) is 9.49. The molecule has 28 heavy (non-hydrogen) atoms. The van der Waals surface area contributed by atoms with Gasteiger partial charge in [-0.2, -0.15) is 18.1 Å². The molecule has 2 rings (SSSR count). The van der Waals surface area contributed by atoms with E-state index in [0.29, 0.717) is 18.6 Å². The Hall–Kier alpha value is -1.55. The van der Waals surface area contributed by atoms with Gasteiger partial charge >= 0.3 is 0 Å². The summed E-state index contributed by atoms with van der Waals surface area (Å²) in [6, 6.07) is 7.03. The number of halogens is 2. The van der Waals surface area contributed by atoms with Crippen molar-refractivity contribution < 1.29 is 53.4 Å². The van der Waals surface area contributed by atoms with Crippen molar-refractivity contribution in [2.24, 2.45) is 5.92 Å². The van der Waals surface area contributed by atoms with Gasteiger partial charge in [0.15, 0.2) is 0 Å². The fourth-order valence-corrected chi connectivity index (χ4v) is 2.92. The topological polar surface area (TPSA) is 46.5 Å². The summed E-state index contributed by atoms with van der Waals surface area (Å²) in [6.07, 6.45) is 7.57. The molecule has 0 saturated carbocycles. The largest absolute Gasteiger partial charge is 0.543 e. The van der Waals surface area contributed by atoms with E-state index in [2.05, 4.69) is 0 Å². The van der Waals surface area contributed by atoms with Crippen molar-refractivity contribution in [1.29, 1.82) is 0 Å². The second kappa shape index (κ2) is 10.8. The molecule has 0 bridgehead atoms. The Labute approximate surface area is 187 Å². The number of hydrogen-bond acceptors (Lipinski definition) is 3. The average Bonchev–Trinajstić information content (AvgIpc) is 2.60. The molecule has 151 valence electrons. The molecule has 1 aromatic rings. The van der Waals surface area contributed by atoms with Crippen LogP contribution >= 0.6 is 0 Å². The summed E-state index contributed by atoms with van der Waals surface area (Å²) in [5.74, 6) is -4.15. The van der Waals surface area contributed by atoms with Crippen molar-refractivity contribution >= 4 is 5.78 Å². The Balaban J connectivity index is 0.00000392. The minimum Gasteiger partial charge on any atom is -0.543 e. The predicted molar refractivity (Wildman–Crippen MR) is 101 cm³/mol. The van der Waals surface area contributed by atoms with Crippen LogP contribution in [0.4, 0.5) is 8.78 Å². The van der Waals surface area contributed by atoms with E-state index in [-0.39, 0.29) is 35.5 Å². The standard InChI is InChI=1S/C22H24F2O3.Np/c1-4-7-17(21(26)15(2)25)12-16-8-5-10-19(13-16)27-20-11-6-9-18(14-20)22(3,23)24;/h2,5-6,8-10,12-14,17,20,25H,4,7,11H2,1,3H3;/q-2;. The first-order chi connectivity index (χ1) is 12.7. The number of hydrogen-bond donors (Lipinski definition) is 1. The molecule has 6 heteroatoms. The van der Waals surface area contributed by atoms with Gasteiger partial charge in [-0.3, -0.25) is 0 Å². The molecule has 1 aromatic carbocycles. The molecule has 0 fully saturated rings. The third-order valence-electron chi connectivity index (χ3n) is 4.27. The fraction of sp³-hybridized carbons (Fsp3) is 0.364. The Morgan fingerprint density at radius 1 is 1.46 bits per heavy atom. The number of allylic oxidation sites excluding steroid dienone is 3. The normalized spacial score (nSPS) is 17.1. The molecule has 0 amide bonds. The van der Waals surface area contributed by atoms with Crippen LogP contribution in [-0.4, -0.2) is 22.9 Å². The van der Waals surface area contributed by atoms with Gasteiger partial charge in [0.05, 0.1) is 5.75 Å². The minimum atomic E-state index is -2.91. The van der Waals surface area contributed by atoms with Gasteiger partial charge in [0.25, 0.3) is 5.92 Å². The Bertz CT molecular complexity index is 750. The van der Waals surface area contributed by atoms with Gasteiger partial charge in [-0.15, -0.1) is 12.1 Å². The molecule has 2 unspecified atom stereocenters. The molecule has 1 radical (unpaired) electrons. The number of benzene rings is 1. The molecular weight excluding hydrogens is 587 g/mol. The van der Waals surface area contributed by atoms with Gasteiger partial charge in [-0.05, 0) is 17.9 Å². The summed E-state index contributed by atoms with van der Waals surface area (Å²) < 4.78 is 32.8. The molecule has 1 N–H and O–H groups in total. The van der Waals surface area contributed by atoms with Crippen LogP contribution in [0.1, 0.15) is 38.7 Å². The number of ether oxygens (including phenoxy) is 1. The first kappa shape index (κ1) is 24.5. The molecule has 0 aliphatic heterocycles. The zero-order valence-corrected chi connectivity index (χ0v) is 19.7. The van der Waals surface area contributed by atoms with Crippen molar-refractivity contribution in [2.75, 3.05) is 0 Å². The third-order valence-corrected chi connectivity index (χ3v) is 4.27. The van der Waals surface area contributed by atoms with Crippen molar-refractivity contribution in [3.8, 4) is 5.75 Å². The predicted octanol–water partition coefficient (Wildman–Crippen LogP) is 5.39. The third kappa shape index (κ3) is 7.12. The van der Waals surface area contributed by atoms with Crippen LogP contribution < -0.4 is 4.74 Å². The zero-order valence-electron chi connectivity index (χ0n) is 15.9. The molecule has 1 aliphatic carbocycles. The van der Waals surface area contributed by atoms with E-state index < -0.39 is 29.5 Å². The maximum Gasteiger partial charge on any atom is 0.270 e. The number of aliphatic hydroxyl groups excluding tert-OH is 1. The number of alkyl halides is 2. The number of Topliss-reactive ketones (excluding diaryl/α,β-unsaturated/α-hetero) is 1. The van der Waals surface area contributed by atoms with Gasteiger partial charge in [0.2, 0.25) is 0 Å². The number of carbonyl (C=O) groups excluding carboxylic acids is 1. The van der Waals surface area contributed by atoms with Crippen molar-refractivity contribution in [3.05, 3.63) is 72.4 Å². The van der Waals surface area contributed by atoms with Crippen molar-refractivity contribution in [3.63, 3.8) is 0 Å². The van der Waals surface area contributed by atoms with Crippen LogP contribution in [-0.2, 0) is 4.79 Å². The van der Waals surface area contributed by atoms with Crippen molar-refractivity contribution in [1.82, 2.24) is 0 Å². The summed E-state index contributed by atoms with van der Waals surface area (Å²) in [6.45, 7) is 8.02. The van der Waals surface area contributed by atoms with E-state index in [1.54, 1.807) is 36.8 Å². The van der Waals surface area contributed by atoms with Gasteiger partial charge < -0.3 is 14.6 Å². The number of ketones is 1. The maximum absolute atomic E-state index is 13.5. The van der Waals surface area contributed by atoms with Crippen molar-refractivity contribution in [2.45, 2.75) is 45.1 Å². The minimum absolute atomic E-state index is 0. The SMILES string of the molecule is [CH-]=C(O)C(=O)C([CH-]c1cccc(OC2C=C(C(C)(F)F)C=CC2)c1)CCC.[Np]. The van der Waals surface area contributed by atoms with E-state index in [1.165, 1.54) is 12.2 Å². The first-order valence-electron chi connectivity index (χ1n) is 8.94. The second-order valence-electron chi connectivity index (χ2n) is 6.69. The molecule has 0 aromatic heterocycles. The average molecular weight is 611 g/mol. The van der Waals surface area contributed by atoms with Crippen LogP contribution in [0.25, 0.3) is 0 Å². The van der Waals surface area contributed by atoms with E-state index in [9.17, 15) is 18.7 Å². The Morgan fingerprint density at radius 2 is 2.18 bits per heavy atom. The summed E-state index contributed by atoms with van der Waals surface area (Å²) in [4.78, 5) is 12.0. The van der Waals surface area contributed by atoms with Gasteiger partial charge in [0.1, 0.15) is 6.10 Å². The second-order valence-corrected chi connectivity index (χ2v) is 6.69. The number of aliphatic hydroxyl groups is 1. The summed E-state index contributed by atoms with van der Waals surface area (Å²) >= 11 is 0. The van der Waals surface area contributed by atoms with E-state index in [4.69, 9.17) is 11.3 Å². The molecule has 0 heterocycles. The van der Waals surface area contributed by atoms with Crippen LogP contribution in [0.5, 0.6) is 5.75 Å². The Morgan fingerprint density at radius 3 is 2.79 bits per heavy atom. The molecule has 3 nitrogen and oxygen atoms in total. The molecule has 1 aliphatic rings. The number of carbonyl (C=O) groups is 1. The molecule has 0 saturated heterocycles. The summed E-state index contributed by atoms with van der Waals surface area (Å²) in [5.41, 5.74) is 0.668. The summed E-state index contributed by atoms with van der Waals surface area (Å²) in [7, 11) is 0. The summed E-state index contributed by atoms with van der Waals surface area (Å²) in [5, 5.41) is 9.28. The molecule has 0 spiro atoms. The zero-order chi connectivity index (χ0) is 20.0. The van der Waals surface area contributed by atoms with Gasteiger partial charge in [-0.25, -0.2) is 15.4 Å². The maximum atomic E-state index is 13.5. The quantitative estimate of drug-likeness (QED) is 0.232. The fourth-order valence-electron chi connectivity index (χ4n) is 2.92. The number of rotatable bonds is 9. The van der Waals surface area contributed by atoms with Crippen LogP contribution in [0, 0.1) is 48.9 Å². The van der Waals surface area contributed by atoms with Gasteiger partial charge in [-0.1, -0.05) is 37.8 Å².